The molecular weight excluding hydrogens is 452 g/mol. The Morgan fingerprint density at radius 1 is 1.06 bits per heavy atom. The lowest BCUT2D eigenvalue weighted by Crippen LogP contribution is -2.44. The van der Waals surface area contributed by atoms with E-state index in [2.05, 4.69) is 29.3 Å². The van der Waals surface area contributed by atoms with Crippen molar-refractivity contribution >= 4 is 17.5 Å². The molecule has 0 radical (unpaired) electrons. The molecule has 6 rings (SSSR count). The number of ether oxygens (including phenoxy) is 3. The van der Waals surface area contributed by atoms with Gasteiger partial charge in [-0.2, -0.15) is 0 Å². The maximum Gasteiger partial charge on any atom is 0.417 e. The van der Waals surface area contributed by atoms with Crippen molar-refractivity contribution in [2.75, 3.05) is 43.6 Å². The predicted molar refractivity (Wildman–Crippen MR) is 141 cm³/mol. The third-order valence-corrected chi connectivity index (χ3v) is 9.60. The average Bonchev–Trinajstić information content (AvgIpc) is 3.25. The van der Waals surface area contributed by atoms with E-state index < -0.39 is 6.09 Å². The van der Waals surface area contributed by atoms with E-state index in [9.17, 15) is 4.79 Å². The number of fused-ring (bicyclic) bond motifs is 5. The first-order valence-corrected chi connectivity index (χ1v) is 13.6. The molecule has 2 saturated carbocycles. The zero-order valence-corrected chi connectivity index (χ0v) is 21.5. The summed E-state index contributed by atoms with van der Waals surface area (Å²) >= 11 is 0. The molecule has 0 aromatic heterocycles. The Labute approximate surface area is 214 Å². The van der Waals surface area contributed by atoms with Gasteiger partial charge >= 0.3 is 6.09 Å². The SMILES string of the molecule is COC1CCC2C3CCc4cc(OC(=O)Nc5ccc(N6CCOCC6)cc5)ccc4C3CCC12C. The number of hydrogen-bond acceptors (Lipinski definition) is 5. The Morgan fingerprint density at radius 2 is 1.86 bits per heavy atom. The van der Waals surface area contributed by atoms with E-state index in [1.54, 1.807) is 0 Å². The Balaban J connectivity index is 1.09. The van der Waals surface area contributed by atoms with E-state index in [4.69, 9.17) is 14.2 Å². The molecule has 3 fully saturated rings. The summed E-state index contributed by atoms with van der Waals surface area (Å²) in [5.41, 5.74) is 5.02. The van der Waals surface area contributed by atoms with Crippen LogP contribution in [-0.4, -0.2) is 45.6 Å². The molecule has 0 spiro atoms. The number of hydrogen-bond donors (Lipinski definition) is 1. The van der Waals surface area contributed by atoms with Crippen LogP contribution in [0.15, 0.2) is 42.5 Å². The predicted octanol–water partition coefficient (Wildman–Crippen LogP) is 6.01. The number of amides is 1. The molecule has 1 saturated heterocycles. The van der Waals surface area contributed by atoms with Crippen LogP contribution in [0.2, 0.25) is 0 Å². The average molecular weight is 491 g/mol. The van der Waals surface area contributed by atoms with Gasteiger partial charge in [0.05, 0.1) is 19.3 Å². The van der Waals surface area contributed by atoms with Crippen LogP contribution < -0.4 is 15.0 Å². The highest BCUT2D eigenvalue weighted by Gasteiger charge is 2.55. The Morgan fingerprint density at radius 3 is 2.64 bits per heavy atom. The third kappa shape index (κ3) is 4.28. The fourth-order valence-electron chi connectivity index (χ4n) is 7.79. The van der Waals surface area contributed by atoms with Gasteiger partial charge in [-0.15, -0.1) is 0 Å². The standard InChI is InChI=1S/C30H38N2O4/c1-30-14-13-25-24-10-8-23(19-20(24)3-9-26(25)27(30)11-12-28(30)34-2)36-29(33)31-21-4-6-22(7-5-21)32-15-17-35-18-16-32/h4-8,10,19,25-28H,3,9,11-18H2,1-2H3,(H,31,33). The van der Waals surface area contributed by atoms with Crippen LogP contribution >= 0.6 is 0 Å². The van der Waals surface area contributed by atoms with Gasteiger partial charge in [-0.3, -0.25) is 5.32 Å². The molecule has 6 heteroatoms. The number of nitrogens with zero attached hydrogens (tertiary/aromatic N) is 1. The second-order valence-corrected chi connectivity index (χ2v) is 11.3. The largest absolute Gasteiger partial charge is 0.417 e. The molecule has 1 amide bonds. The molecule has 2 aromatic rings. The van der Waals surface area contributed by atoms with E-state index >= 15 is 0 Å². The van der Waals surface area contributed by atoms with Crippen LogP contribution in [0, 0.1) is 17.3 Å². The number of methoxy groups -OCH3 is 1. The number of morpholine rings is 1. The fourth-order valence-corrected chi connectivity index (χ4v) is 7.79. The number of nitrogens with one attached hydrogen (secondary N) is 1. The number of carbonyl (C=O) groups excluding carboxylic acids is 1. The van der Waals surface area contributed by atoms with Crippen molar-refractivity contribution in [1.29, 1.82) is 0 Å². The van der Waals surface area contributed by atoms with E-state index in [1.165, 1.54) is 43.2 Å². The van der Waals surface area contributed by atoms with Gasteiger partial charge in [-0.05, 0) is 109 Å². The number of aryl methyl sites for hydroxylation is 1. The van der Waals surface area contributed by atoms with Crippen molar-refractivity contribution in [3.05, 3.63) is 53.6 Å². The second kappa shape index (κ2) is 9.71. The lowest BCUT2D eigenvalue weighted by Gasteiger charge is -2.50. The fraction of sp³-hybridized carbons (Fsp3) is 0.567. The molecule has 1 aliphatic heterocycles. The van der Waals surface area contributed by atoms with Gasteiger partial charge in [0.25, 0.3) is 0 Å². The van der Waals surface area contributed by atoms with E-state index in [0.29, 0.717) is 23.2 Å². The topological polar surface area (TPSA) is 60.0 Å². The van der Waals surface area contributed by atoms with Crippen LogP contribution in [0.1, 0.15) is 56.1 Å². The van der Waals surface area contributed by atoms with Gasteiger partial charge in [-0.1, -0.05) is 13.0 Å². The minimum atomic E-state index is -0.451. The highest BCUT2D eigenvalue weighted by molar-refractivity contribution is 5.86. The van der Waals surface area contributed by atoms with Gasteiger partial charge < -0.3 is 19.1 Å². The van der Waals surface area contributed by atoms with Crippen LogP contribution in [0.4, 0.5) is 16.2 Å². The van der Waals surface area contributed by atoms with Crippen LogP contribution in [-0.2, 0) is 15.9 Å². The molecule has 192 valence electrons. The molecule has 36 heavy (non-hydrogen) atoms. The quantitative estimate of drug-likeness (QED) is 0.569. The Bertz CT molecular complexity index is 1100. The molecule has 3 aliphatic carbocycles. The molecule has 6 nitrogen and oxygen atoms in total. The van der Waals surface area contributed by atoms with Crippen LogP contribution in [0.3, 0.4) is 0 Å². The number of benzene rings is 2. The Kier molecular flexibility index (Phi) is 6.42. The molecule has 2 aromatic carbocycles. The van der Waals surface area contributed by atoms with Gasteiger partial charge in [-0.25, -0.2) is 4.79 Å². The smallest absolute Gasteiger partial charge is 0.410 e. The summed E-state index contributed by atoms with van der Waals surface area (Å²) in [7, 11) is 1.89. The van der Waals surface area contributed by atoms with Gasteiger partial charge in [0.15, 0.2) is 0 Å². The minimum Gasteiger partial charge on any atom is -0.410 e. The normalized spacial score (nSPS) is 31.2. The summed E-state index contributed by atoms with van der Waals surface area (Å²) in [4.78, 5) is 14.9. The maximum absolute atomic E-state index is 12.6. The number of carbonyl (C=O) groups is 1. The second-order valence-electron chi connectivity index (χ2n) is 11.3. The molecule has 1 N–H and O–H groups in total. The summed E-state index contributed by atoms with van der Waals surface area (Å²) in [6, 6.07) is 14.2. The van der Waals surface area contributed by atoms with Crippen molar-refractivity contribution in [1.82, 2.24) is 0 Å². The first-order chi connectivity index (χ1) is 17.5. The van der Waals surface area contributed by atoms with Crippen molar-refractivity contribution in [3.63, 3.8) is 0 Å². The summed E-state index contributed by atoms with van der Waals surface area (Å²) in [6.07, 6.45) is 7.20. The molecule has 5 unspecified atom stereocenters. The van der Waals surface area contributed by atoms with E-state index in [-0.39, 0.29) is 0 Å². The van der Waals surface area contributed by atoms with Gasteiger partial charge in [0.2, 0.25) is 0 Å². The monoisotopic (exact) mass is 490 g/mol. The molecule has 0 bridgehead atoms. The van der Waals surface area contributed by atoms with E-state index in [0.717, 1.165) is 55.9 Å². The highest BCUT2D eigenvalue weighted by atomic mass is 16.6. The molecule has 1 heterocycles. The van der Waals surface area contributed by atoms with Gasteiger partial charge in [0.1, 0.15) is 5.75 Å². The Hall–Kier alpha value is -2.57. The van der Waals surface area contributed by atoms with Crippen molar-refractivity contribution in [2.24, 2.45) is 17.3 Å². The zero-order chi connectivity index (χ0) is 24.7. The van der Waals surface area contributed by atoms with Crippen molar-refractivity contribution < 1.29 is 19.0 Å². The van der Waals surface area contributed by atoms with Crippen molar-refractivity contribution in [3.8, 4) is 5.75 Å². The van der Waals surface area contributed by atoms with Crippen LogP contribution in [0.5, 0.6) is 5.75 Å². The first-order valence-electron chi connectivity index (χ1n) is 13.6. The lowest BCUT2D eigenvalue weighted by molar-refractivity contribution is -0.0444. The number of anilines is 2. The molecule has 5 atom stereocenters. The third-order valence-electron chi connectivity index (χ3n) is 9.60. The molecule has 4 aliphatic rings. The molecular formula is C30H38N2O4. The van der Waals surface area contributed by atoms with E-state index in [1.807, 2.05) is 37.4 Å². The first kappa shape index (κ1) is 23.8. The minimum absolute atomic E-state index is 0.328. The summed E-state index contributed by atoms with van der Waals surface area (Å²) in [5, 5.41) is 2.87. The van der Waals surface area contributed by atoms with Crippen LogP contribution in [0.25, 0.3) is 0 Å². The maximum atomic E-state index is 12.6. The lowest BCUT2D eigenvalue weighted by atomic mass is 9.55. The zero-order valence-electron chi connectivity index (χ0n) is 21.5. The highest BCUT2D eigenvalue weighted by Crippen LogP contribution is 2.61. The number of rotatable bonds is 4. The van der Waals surface area contributed by atoms with Gasteiger partial charge in [0, 0.05) is 31.6 Å². The summed E-state index contributed by atoms with van der Waals surface area (Å²) < 4.78 is 17.0. The van der Waals surface area contributed by atoms with Crippen molar-refractivity contribution in [2.45, 2.75) is 57.5 Å². The summed E-state index contributed by atoms with van der Waals surface area (Å²) in [6.45, 7) is 5.76. The summed E-state index contributed by atoms with van der Waals surface area (Å²) in [5.74, 6) is 2.74.